The molecule has 0 saturated heterocycles. The van der Waals surface area contributed by atoms with E-state index in [-0.39, 0.29) is 5.56 Å². The molecule has 0 radical (unpaired) electrons. The Morgan fingerprint density at radius 2 is 1.81 bits per heavy atom. The molecule has 3 rings (SSSR count). The smallest absolute Gasteiger partial charge is 0.340 e. The van der Waals surface area contributed by atoms with E-state index < -0.39 is 17.6 Å². The molecular formula is C25H24F3N3O. The molecule has 0 aromatic heterocycles. The van der Waals surface area contributed by atoms with Crippen LogP contribution in [0, 0.1) is 5.92 Å². The van der Waals surface area contributed by atoms with Crippen LogP contribution in [0.25, 0.3) is 5.70 Å². The van der Waals surface area contributed by atoms with E-state index in [4.69, 9.17) is 0 Å². The van der Waals surface area contributed by atoms with E-state index in [2.05, 4.69) is 35.2 Å². The number of allylic oxidation sites excluding steroid dienone is 3. The van der Waals surface area contributed by atoms with Gasteiger partial charge in [-0.15, -0.1) is 0 Å². The molecule has 1 unspecified atom stereocenters. The topological polar surface area (TPSA) is 53.5 Å². The maximum Gasteiger partial charge on any atom is 0.416 e. The van der Waals surface area contributed by atoms with Gasteiger partial charge in [0, 0.05) is 22.7 Å². The normalized spacial score (nSPS) is 16.3. The van der Waals surface area contributed by atoms with Crippen LogP contribution in [0.15, 0.2) is 84.2 Å². The fourth-order valence-electron chi connectivity index (χ4n) is 3.18. The summed E-state index contributed by atoms with van der Waals surface area (Å²) in [7, 11) is 0. The Kier molecular flexibility index (Phi) is 6.98. The number of halogens is 3. The molecule has 4 nitrogen and oxygen atoms in total. The number of hydrogen-bond acceptors (Lipinski definition) is 3. The average molecular weight is 439 g/mol. The number of amides is 1. The van der Waals surface area contributed by atoms with E-state index in [1.54, 1.807) is 18.2 Å². The molecule has 2 aromatic rings. The number of alkyl halides is 3. The monoisotopic (exact) mass is 439 g/mol. The molecule has 0 fully saturated rings. The van der Waals surface area contributed by atoms with Crippen LogP contribution < -0.4 is 10.6 Å². The fraction of sp³-hybridized carbons (Fsp3) is 0.200. The number of anilines is 1. The van der Waals surface area contributed by atoms with E-state index in [1.807, 2.05) is 25.1 Å². The molecule has 7 heteroatoms. The third-order valence-corrected chi connectivity index (χ3v) is 4.81. The van der Waals surface area contributed by atoms with Gasteiger partial charge in [0.1, 0.15) is 5.82 Å². The van der Waals surface area contributed by atoms with Crippen LogP contribution in [0.2, 0.25) is 0 Å². The fourth-order valence-corrected chi connectivity index (χ4v) is 3.18. The molecule has 2 N–H and O–H groups in total. The molecule has 166 valence electrons. The Balaban J connectivity index is 1.75. The zero-order valence-corrected chi connectivity index (χ0v) is 17.8. The van der Waals surface area contributed by atoms with Gasteiger partial charge in [-0.05, 0) is 67.3 Å². The number of carbonyl (C=O) groups excluding carboxylic acids is 1. The lowest BCUT2D eigenvalue weighted by molar-refractivity contribution is -0.137. The molecule has 1 atom stereocenters. The molecule has 0 bridgehead atoms. The van der Waals surface area contributed by atoms with Gasteiger partial charge < -0.3 is 10.6 Å². The van der Waals surface area contributed by atoms with Crippen molar-refractivity contribution in [1.82, 2.24) is 5.32 Å². The number of aliphatic imine (C=N–C) groups is 1. The molecule has 32 heavy (non-hydrogen) atoms. The number of carbonyl (C=O) groups is 1. The third kappa shape index (κ3) is 6.20. The number of benzene rings is 2. The SMILES string of the molecule is C=C(NC1=CC(C)CC=CC(C)=N1)c1cccc(NC(=O)c2cccc(C(F)(F)F)c2)c1. The number of hydrogen-bond donors (Lipinski definition) is 2. The third-order valence-electron chi connectivity index (χ3n) is 4.81. The van der Waals surface area contributed by atoms with Gasteiger partial charge in [-0.25, -0.2) is 4.99 Å². The highest BCUT2D eigenvalue weighted by molar-refractivity contribution is 6.04. The summed E-state index contributed by atoms with van der Waals surface area (Å²) in [6, 6.07) is 11.2. The molecule has 1 aliphatic rings. The summed E-state index contributed by atoms with van der Waals surface area (Å²) in [5.41, 5.74) is 1.66. The summed E-state index contributed by atoms with van der Waals surface area (Å²) >= 11 is 0. The standard InChI is InChI=1S/C25H24F3N3O/c1-16-7-4-8-17(2)29-23(13-16)30-18(3)19-9-6-12-22(15-19)31-24(32)20-10-5-11-21(14-20)25(26,27)28/h4-6,8-16,30H,3,7H2,1-2H3,(H,31,32). The molecule has 1 heterocycles. The zero-order valence-electron chi connectivity index (χ0n) is 17.8. The van der Waals surface area contributed by atoms with Gasteiger partial charge in [0.2, 0.25) is 0 Å². The Morgan fingerprint density at radius 3 is 2.56 bits per heavy atom. The van der Waals surface area contributed by atoms with Gasteiger partial charge in [-0.1, -0.05) is 37.8 Å². The lowest BCUT2D eigenvalue weighted by Crippen LogP contribution is -2.15. The largest absolute Gasteiger partial charge is 0.416 e. The van der Waals surface area contributed by atoms with Crippen LogP contribution in [0.5, 0.6) is 0 Å². The van der Waals surface area contributed by atoms with Gasteiger partial charge in [-0.3, -0.25) is 4.79 Å². The maximum atomic E-state index is 12.9. The highest BCUT2D eigenvalue weighted by Crippen LogP contribution is 2.29. The van der Waals surface area contributed by atoms with Crippen LogP contribution >= 0.6 is 0 Å². The molecule has 0 aliphatic carbocycles. The molecule has 1 aliphatic heterocycles. The minimum Gasteiger partial charge on any atom is -0.340 e. The van der Waals surface area contributed by atoms with Crippen molar-refractivity contribution < 1.29 is 18.0 Å². The highest BCUT2D eigenvalue weighted by Gasteiger charge is 2.30. The van der Waals surface area contributed by atoms with E-state index in [0.29, 0.717) is 28.7 Å². The van der Waals surface area contributed by atoms with Gasteiger partial charge in [-0.2, -0.15) is 13.2 Å². The first-order valence-corrected chi connectivity index (χ1v) is 10.1. The van der Waals surface area contributed by atoms with Gasteiger partial charge in [0.05, 0.1) is 5.56 Å². The summed E-state index contributed by atoms with van der Waals surface area (Å²) in [5, 5.41) is 5.85. The van der Waals surface area contributed by atoms with Gasteiger partial charge in [0.25, 0.3) is 5.91 Å². The van der Waals surface area contributed by atoms with Crippen molar-refractivity contribution in [3.05, 3.63) is 95.8 Å². The van der Waals surface area contributed by atoms with E-state index in [9.17, 15) is 18.0 Å². The van der Waals surface area contributed by atoms with Crippen molar-refractivity contribution in [3.63, 3.8) is 0 Å². The van der Waals surface area contributed by atoms with E-state index in [1.165, 1.54) is 12.1 Å². The summed E-state index contributed by atoms with van der Waals surface area (Å²) in [6.07, 6.45) is 2.47. The average Bonchev–Trinajstić information content (AvgIpc) is 2.72. The molecule has 0 spiro atoms. The molecule has 1 amide bonds. The van der Waals surface area contributed by atoms with Crippen molar-refractivity contribution in [2.24, 2.45) is 10.9 Å². The van der Waals surface area contributed by atoms with Gasteiger partial charge in [0.15, 0.2) is 0 Å². The van der Waals surface area contributed by atoms with Crippen LogP contribution in [0.3, 0.4) is 0 Å². The van der Waals surface area contributed by atoms with Gasteiger partial charge >= 0.3 is 6.18 Å². The zero-order chi connectivity index (χ0) is 23.3. The first kappa shape index (κ1) is 23.1. The second-order valence-corrected chi connectivity index (χ2v) is 7.64. The summed E-state index contributed by atoms with van der Waals surface area (Å²) < 4.78 is 38.8. The predicted octanol–water partition coefficient (Wildman–Crippen LogP) is 6.42. The second kappa shape index (κ2) is 9.68. The van der Waals surface area contributed by atoms with Crippen molar-refractivity contribution in [2.75, 3.05) is 5.32 Å². The number of nitrogens with zero attached hydrogens (tertiary/aromatic N) is 1. The van der Waals surface area contributed by atoms with Crippen LogP contribution in [-0.2, 0) is 6.18 Å². The lowest BCUT2D eigenvalue weighted by atomic mass is 10.1. The van der Waals surface area contributed by atoms with E-state index >= 15 is 0 Å². The van der Waals surface area contributed by atoms with Crippen molar-refractivity contribution in [1.29, 1.82) is 0 Å². The first-order valence-electron chi connectivity index (χ1n) is 10.1. The number of nitrogens with one attached hydrogen (secondary N) is 2. The second-order valence-electron chi connectivity index (χ2n) is 7.64. The molecular weight excluding hydrogens is 415 g/mol. The molecule has 2 aromatic carbocycles. The summed E-state index contributed by atoms with van der Waals surface area (Å²) in [6.45, 7) is 8.07. The lowest BCUT2D eigenvalue weighted by Gasteiger charge is -2.15. The Morgan fingerprint density at radius 1 is 1.09 bits per heavy atom. The Labute approximate surface area is 185 Å². The number of rotatable bonds is 5. The summed E-state index contributed by atoms with van der Waals surface area (Å²) in [4.78, 5) is 17.0. The Hall–Kier alpha value is -3.61. The van der Waals surface area contributed by atoms with Crippen molar-refractivity contribution >= 4 is 23.0 Å². The van der Waals surface area contributed by atoms with Crippen LogP contribution in [0.1, 0.15) is 41.8 Å². The minimum absolute atomic E-state index is 0.0753. The van der Waals surface area contributed by atoms with Crippen LogP contribution in [-0.4, -0.2) is 11.6 Å². The quantitative estimate of drug-likeness (QED) is 0.565. The minimum atomic E-state index is -4.51. The molecule has 0 saturated carbocycles. The van der Waals surface area contributed by atoms with E-state index in [0.717, 1.165) is 24.3 Å². The predicted molar refractivity (Wildman–Crippen MR) is 122 cm³/mol. The maximum absolute atomic E-state index is 12.9. The van der Waals surface area contributed by atoms with Crippen LogP contribution in [0.4, 0.5) is 18.9 Å². The van der Waals surface area contributed by atoms with Crippen molar-refractivity contribution in [3.8, 4) is 0 Å². The first-order chi connectivity index (χ1) is 15.1. The Bertz CT molecular complexity index is 1110. The van der Waals surface area contributed by atoms with Crippen molar-refractivity contribution in [2.45, 2.75) is 26.4 Å². The summed E-state index contributed by atoms with van der Waals surface area (Å²) in [5.74, 6) is 0.356. The highest BCUT2D eigenvalue weighted by atomic mass is 19.4.